The van der Waals surface area contributed by atoms with Crippen molar-refractivity contribution in [3.8, 4) is 11.1 Å². The van der Waals surface area contributed by atoms with Crippen molar-refractivity contribution in [2.75, 3.05) is 18.5 Å². The molecule has 1 aliphatic heterocycles. The molecule has 1 aliphatic rings. The van der Waals surface area contributed by atoms with Crippen molar-refractivity contribution < 1.29 is 19.0 Å². The van der Waals surface area contributed by atoms with Crippen LogP contribution in [-0.4, -0.2) is 51.3 Å². The van der Waals surface area contributed by atoms with E-state index < -0.39 is 8.24 Å². The van der Waals surface area contributed by atoms with Gasteiger partial charge in [-0.1, -0.05) is 45.7 Å². The lowest BCUT2D eigenvalue weighted by Crippen LogP contribution is -2.57. The van der Waals surface area contributed by atoms with Gasteiger partial charge in [0, 0.05) is 29.1 Å². The second-order valence-corrected chi connectivity index (χ2v) is 16.9. The number of carbonyl (C=O) groups is 1. The molecule has 12 heteroatoms. The fourth-order valence-electron chi connectivity index (χ4n) is 5.60. The van der Waals surface area contributed by atoms with E-state index in [0.29, 0.717) is 31.1 Å². The Kier molecular flexibility index (Phi) is 8.36. The lowest BCUT2D eigenvalue weighted by Gasteiger charge is -2.23. The fraction of sp³-hybridized carbons (Fsp3) is 0.355. The molecule has 3 aromatic heterocycles. The monoisotopic (exact) mass is 662 g/mol. The van der Waals surface area contributed by atoms with Crippen LogP contribution in [0.2, 0.25) is 19.1 Å². The Morgan fingerprint density at radius 3 is 2.84 bits per heavy atom. The van der Waals surface area contributed by atoms with Gasteiger partial charge in [0.1, 0.15) is 6.73 Å². The Bertz CT molecular complexity index is 1780. The average molecular weight is 664 g/mol. The van der Waals surface area contributed by atoms with Crippen molar-refractivity contribution in [2.24, 2.45) is 0 Å². The molecule has 4 heterocycles. The smallest absolute Gasteiger partial charge is 0.284 e. The standard InChI is InChI=1S/C31H36BrN7O3Si/c1-5-29(42-6-2)38-18-24-19-39(38)43(3,4)13-12-41-21-37-28-15-23(24)10-11-27(28)30(35-37)31(40)34-26-16-33-36(20-26)17-22-8-7-9-25(32)14-22/h7-11,14-16,18-20,29H,5-6,12-13,17,21H2,1-4H3/p+1. The van der Waals surface area contributed by atoms with Crippen LogP contribution in [0.1, 0.15) is 42.5 Å². The summed E-state index contributed by atoms with van der Waals surface area (Å²) in [6.07, 6.45) is 8.75. The third kappa shape index (κ3) is 6.10. The van der Waals surface area contributed by atoms with Crippen LogP contribution in [0.15, 0.2) is 71.7 Å². The van der Waals surface area contributed by atoms with Crippen LogP contribution in [0.3, 0.4) is 0 Å². The molecule has 10 nitrogen and oxygen atoms in total. The molecule has 1 unspecified atom stereocenters. The Morgan fingerprint density at radius 2 is 2.05 bits per heavy atom. The molecule has 0 radical (unpaired) electrons. The number of amides is 1. The first-order valence-electron chi connectivity index (χ1n) is 14.7. The molecule has 1 amide bonds. The van der Waals surface area contributed by atoms with E-state index in [9.17, 15) is 4.79 Å². The second kappa shape index (κ2) is 12.2. The molecule has 0 aliphatic carbocycles. The summed E-state index contributed by atoms with van der Waals surface area (Å²) in [5.74, 6) is -0.289. The number of benzene rings is 2. The van der Waals surface area contributed by atoms with Crippen molar-refractivity contribution in [1.29, 1.82) is 0 Å². The van der Waals surface area contributed by atoms with Gasteiger partial charge in [-0.2, -0.15) is 14.5 Å². The maximum Gasteiger partial charge on any atom is 0.284 e. The SMILES string of the molecule is CCOC(CC)[n+]1cc2cn1[Si](C)(C)CCOCn1nc(C(=O)Nc3cnn(Cc4cccc(Br)c4)c3)c3ccc-2cc31. The van der Waals surface area contributed by atoms with Crippen LogP contribution in [0.5, 0.6) is 0 Å². The Morgan fingerprint density at radius 1 is 1.19 bits per heavy atom. The number of carbonyl (C=O) groups excluding carboxylic acids is 1. The van der Waals surface area contributed by atoms with Gasteiger partial charge in [-0.15, -0.1) is 0 Å². The zero-order valence-corrected chi connectivity index (χ0v) is 27.5. The molecule has 1 atom stereocenters. The first kappa shape index (κ1) is 29.5. The predicted octanol–water partition coefficient (Wildman–Crippen LogP) is 6.04. The molecular formula is C31H37BrN7O3Si+. The summed E-state index contributed by atoms with van der Waals surface area (Å²) in [5, 5.41) is 12.9. The number of anilines is 1. The molecular weight excluding hydrogens is 626 g/mol. The van der Waals surface area contributed by atoms with E-state index in [2.05, 4.69) is 86.0 Å². The van der Waals surface area contributed by atoms with E-state index in [1.54, 1.807) is 15.6 Å². The van der Waals surface area contributed by atoms with Crippen LogP contribution in [0.25, 0.3) is 22.0 Å². The maximum absolute atomic E-state index is 13.5. The van der Waals surface area contributed by atoms with Gasteiger partial charge in [-0.3, -0.25) is 9.48 Å². The summed E-state index contributed by atoms with van der Waals surface area (Å²) >= 11 is 3.51. The molecule has 43 heavy (non-hydrogen) atoms. The number of halogens is 1. The maximum atomic E-state index is 13.5. The van der Waals surface area contributed by atoms with Crippen molar-refractivity contribution in [3.63, 3.8) is 0 Å². The third-order valence-corrected chi connectivity index (χ3v) is 11.4. The summed E-state index contributed by atoms with van der Waals surface area (Å²) in [7, 11) is -1.93. The predicted molar refractivity (Wildman–Crippen MR) is 171 cm³/mol. The molecule has 5 aromatic rings. The molecule has 6 rings (SSSR count). The molecule has 0 saturated heterocycles. The van der Waals surface area contributed by atoms with E-state index in [1.807, 2.05) is 37.4 Å². The topological polar surface area (TPSA) is 92.0 Å². The number of rotatable bonds is 8. The van der Waals surface area contributed by atoms with Crippen LogP contribution < -0.4 is 10.00 Å². The van der Waals surface area contributed by atoms with Crippen LogP contribution in [0.4, 0.5) is 5.69 Å². The summed E-state index contributed by atoms with van der Waals surface area (Å²) in [6, 6.07) is 15.1. The number of ether oxygens (including phenoxy) is 2. The van der Waals surface area contributed by atoms with Crippen LogP contribution >= 0.6 is 15.9 Å². The second-order valence-electron chi connectivity index (χ2n) is 11.4. The zero-order chi connectivity index (χ0) is 30.1. The minimum Gasteiger partial charge on any atom is -0.359 e. The summed E-state index contributed by atoms with van der Waals surface area (Å²) in [5.41, 5.74) is 5.08. The molecule has 0 spiro atoms. The highest BCUT2D eigenvalue weighted by Gasteiger charge is 2.36. The van der Waals surface area contributed by atoms with Gasteiger partial charge < -0.3 is 14.8 Å². The summed E-state index contributed by atoms with van der Waals surface area (Å²) < 4.78 is 21.6. The van der Waals surface area contributed by atoms with E-state index in [1.165, 1.54) is 0 Å². The van der Waals surface area contributed by atoms with E-state index >= 15 is 0 Å². The normalized spacial score (nSPS) is 15.3. The van der Waals surface area contributed by atoms with Crippen molar-refractivity contribution in [3.05, 3.63) is 83.0 Å². The first-order valence-corrected chi connectivity index (χ1v) is 18.6. The molecule has 2 aromatic carbocycles. The van der Waals surface area contributed by atoms with Crippen molar-refractivity contribution in [1.82, 2.24) is 23.9 Å². The average Bonchev–Trinajstić information content (AvgIpc) is 3.71. The van der Waals surface area contributed by atoms with Gasteiger partial charge >= 0.3 is 0 Å². The van der Waals surface area contributed by atoms with Gasteiger partial charge in [-0.25, -0.2) is 4.68 Å². The lowest BCUT2D eigenvalue weighted by atomic mass is 10.1. The number of fused-ring (bicyclic) bond motifs is 4. The molecule has 0 fully saturated rings. The lowest BCUT2D eigenvalue weighted by molar-refractivity contribution is -0.819. The third-order valence-electron chi connectivity index (χ3n) is 7.90. The van der Waals surface area contributed by atoms with Gasteiger partial charge in [0.15, 0.2) is 5.69 Å². The number of hydrogen-bond donors (Lipinski definition) is 1. The van der Waals surface area contributed by atoms with Crippen molar-refractivity contribution >= 4 is 46.7 Å². The highest BCUT2D eigenvalue weighted by Crippen LogP contribution is 2.29. The Labute approximate surface area is 260 Å². The number of nitrogens with zero attached hydrogens (tertiary/aromatic N) is 6. The van der Waals surface area contributed by atoms with Gasteiger partial charge in [-0.05, 0) is 61.5 Å². The molecule has 1 N–H and O–H groups in total. The van der Waals surface area contributed by atoms with Crippen molar-refractivity contribution in [2.45, 2.75) is 58.9 Å². The quantitative estimate of drug-likeness (QED) is 0.162. The fourth-order valence-corrected chi connectivity index (χ4v) is 8.22. The Hall–Kier alpha value is -3.58. The van der Waals surface area contributed by atoms with Crippen LogP contribution in [0, 0.1) is 0 Å². The number of aromatic nitrogens is 6. The van der Waals surface area contributed by atoms with Gasteiger partial charge in [0.2, 0.25) is 14.4 Å². The van der Waals surface area contributed by atoms with Crippen LogP contribution in [-0.2, 0) is 22.7 Å². The number of hydrogen-bond acceptors (Lipinski definition) is 5. The molecule has 0 saturated carbocycles. The number of nitrogens with one attached hydrogen (secondary N) is 1. The van der Waals surface area contributed by atoms with E-state index in [-0.39, 0.29) is 18.9 Å². The summed E-state index contributed by atoms with van der Waals surface area (Å²) in [6.45, 7) is 11.0. The highest BCUT2D eigenvalue weighted by atomic mass is 79.9. The zero-order valence-electron chi connectivity index (χ0n) is 25.0. The highest BCUT2D eigenvalue weighted by molar-refractivity contribution is 9.10. The largest absolute Gasteiger partial charge is 0.359 e. The van der Waals surface area contributed by atoms with E-state index in [4.69, 9.17) is 14.6 Å². The summed E-state index contributed by atoms with van der Waals surface area (Å²) in [4.78, 5) is 13.5. The minimum atomic E-state index is -1.93. The van der Waals surface area contributed by atoms with Gasteiger partial charge in [0.05, 0.1) is 42.3 Å². The van der Waals surface area contributed by atoms with E-state index in [0.717, 1.165) is 44.5 Å². The minimum absolute atomic E-state index is 0.0416. The first-order chi connectivity index (χ1) is 20.8. The molecule has 4 bridgehead atoms. The molecule has 224 valence electrons. The Balaban J connectivity index is 1.32. The van der Waals surface area contributed by atoms with Gasteiger partial charge in [0.25, 0.3) is 12.1 Å².